The molecule has 1 fully saturated rings. The van der Waals surface area contributed by atoms with Crippen LogP contribution in [0.5, 0.6) is 0 Å². The summed E-state index contributed by atoms with van der Waals surface area (Å²) in [5.74, 6) is 0.985. The van der Waals surface area contributed by atoms with E-state index >= 15 is 0 Å². The molecule has 1 aliphatic carbocycles. The number of hydrogen-bond acceptors (Lipinski definition) is 3. The lowest BCUT2D eigenvalue weighted by Gasteiger charge is -2.27. The van der Waals surface area contributed by atoms with Crippen LogP contribution in [0.4, 0.5) is 5.82 Å². The van der Waals surface area contributed by atoms with E-state index in [2.05, 4.69) is 28.9 Å². The molecule has 2 rings (SSSR count). The maximum atomic E-state index is 5.84. The third-order valence-corrected chi connectivity index (χ3v) is 4.06. The third kappa shape index (κ3) is 3.59. The highest BCUT2D eigenvalue weighted by Crippen LogP contribution is 2.22. The molecule has 1 heterocycles. The topological polar surface area (TPSA) is 19.4 Å². The van der Waals surface area contributed by atoms with Gasteiger partial charge in [-0.15, -0.1) is 0 Å². The van der Waals surface area contributed by atoms with Gasteiger partial charge in [0.15, 0.2) is 0 Å². The van der Waals surface area contributed by atoms with Gasteiger partial charge in [0.25, 0.3) is 0 Å². The fourth-order valence-corrected chi connectivity index (χ4v) is 2.66. The summed E-state index contributed by atoms with van der Waals surface area (Å²) in [7, 11) is 4.32. The molecular formula is C14H22ClN3. The SMILES string of the molecule is CN(CCN(C)C1CCCC1)c1ccc(Cl)cn1. The normalized spacial score (nSPS) is 16.4. The molecule has 0 bridgehead atoms. The zero-order chi connectivity index (χ0) is 13.0. The number of aromatic nitrogens is 1. The van der Waals surface area contributed by atoms with Gasteiger partial charge in [-0.25, -0.2) is 4.98 Å². The van der Waals surface area contributed by atoms with Crippen LogP contribution in [-0.4, -0.2) is 43.1 Å². The third-order valence-electron chi connectivity index (χ3n) is 3.84. The van der Waals surface area contributed by atoms with Crippen LogP contribution in [-0.2, 0) is 0 Å². The van der Waals surface area contributed by atoms with E-state index < -0.39 is 0 Å². The van der Waals surface area contributed by atoms with Gasteiger partial charge in [0.05, 0.1) is 5.02 Å². The van der Waals surface area contributed by atoms with Crippen molar-refractivity contribution in [2.45, 2.75) is 31.7 Å². The van der Waals surface area contributed by atoms with E-state index in [1.165, 1.54) is 25.7 Å². The Morgan fingerprint density at radius 2 is 1.94 bits per heavy atom. The van der Waals surface area contributed by atoms with Gasteiger partial charge in [-0.2, -0.15) is 0 Å². The predicted octanol–water partition coefficient (Wildman–Crippen LogP) is 3.05. The van der Waals surface area contributed by atoms with Crippen LogP contribution in [0.2, 0.25) is 5.02 Å². The highest BCUT2D eigenvalue weighted by Gasteiger charge is 2.19. The summed E-state index contributed by atoms with van der Waals surface area (Å²) >= 11 is 5.84. The van der Waals surface area contributed by atoms with Gasteiger partial charge in [-0.1, -0.05) is 24.4 Å². The average molecular weight is 268 g/mol. The monoisotopic (exact) mass is 267 g/mol. The average Bonchev–Trinajstić information content (AvgIpc) is 2.90. The standard InChI is InChI=1S/C14H22ClN3/c1-17(13-5-3-4-6-13)9-10-18(2)14-8-7-12(15)11-16-14/h7-8,11,13H,3-6,9-10H2,1-2H3. The lowest BCUT2D eigenvalue weighted by atomic mass is 10.2. The summed E-state index contributed by atoms with van der Waals surface area (Å²) in [6.07, 6.45) is 7.21. The van der Waals surface area contributed by atoms with E-state index in [4.69, 9.17) is 11.6 Å². The van der Waals surface area contributed by atoms with Crippen LogP contribution < -0.4 is 4.90 Å². The second kappa shape index (κ2) is 6.39. The second-order valence-electron chi connectivity index (χ2n) is 5.18. The van der Waals surface area contributed by atoms with Crippen molar-refractivity contribution in [3.8, 4) is 0 Å². The Morgan fingerprint density at radius 1 is 1.22 bits per heavy atom. The molecule has 0 spiro atoms. The van der Waals surface area contributed by atoms with Gasteiger partial charge in [0, 0.05) is 32.4 Å². The Hall–Kier alpha value is -0.800. The van der Waals surface area contributed by atoms with Gasteiger partial charge in [0.2, 0.25) is 0 Å². The zero-order valence-corrected chi connectivity index (χ0v) is 12.0. The maximum absolute atomic E-state index is 5.84. The predicted molar refractivity (Wildman–Crippen MR) is 77.4 cm³/mol. The Morgan fingerprint density at radius 3 is 2.56 bits per heavy atom. The lowest BCUT2D eigenvalue weighted by molar-refractivity contribution is 0.251. The molecule has 0 unspecified atom stereocenters. The van der Waals surface area contributed by atoms with E-state index in [0.29, 0.717) is 5.02 Å². The molecule has 0 amide bonds. The molecule has 0 atom stereocenters. The van der Waals surface area contributed by atoms with Crippen molar-refractivity contribution in [3.63, 3.8) is 0 Å². The minimum Gasteiger partial charge on any atom is -0.358 e. The first kappa shape index (κ1) is 13.6. The largest absolute Gasteiger partial charge is 0.358 e. The molecule has 0 N–H and O–H groups in total. The summed E-state index contributed by atoms with van der Waals surface area (Å²) in [6, 6.07) is 4.65. The molecular weight excluding hydrogens is 246 g/mol. The van der Waals surface area contributed by atoms with E-state index in [9.17, 15) is 0 Å². The van der Waals surface area contributed by atoms with Gasteiger partial charge >= 0.3 is 0 Å². The number of anilines is 1. The molecule has 1 aromatic heterocycles. The first-order valence-corrected chi connectivity index (χ1v) is 7.07. The van der Waals surface area contributed by atoms with Crippen LogP contribution in [0.1, 0.15) is 25.7 Å². The van der Waals surface area contributed by atoms with Crippen molar-refractivity contribution in [2.24, 2.45) is 0 Å². The summed E-state index contributed by atoms with van der Waals surface area (Å²) < 4.78 is 0. The Kier molecular flexibility index (Phi) is 4.84. The summed E-state index contributed by atoms with van der Waals surface area (Å²) in [5.41, 5.74) is 0. The number of hydrogen-bond donors (Lipinski definition) is 0. The van der Waals surface area contributed by atoms with Crippen LogP contribution in [0.15, 0.2) is 18.3 Å². The number of likely N-dealkylation sites (N-methyl/N-ethyl adjacent to an activating group) is 2. The lowest BCUT2D eigenvalue weighted by Crippen LogP contribution is -2.36. The number of halogens is 1. The summed E-state index contributed by atoms with van der Waals surface area (Å²) in [5, 5.41) is 0.690. The fraction of sp³-hybridized carbons (Fsp3) is 0.643. The summed E-state index contributed by atoms with van der Waals surface area (Å²) in [4.78, 5) is 9.00. The second-order valence-corrected chi connectivity index (χ2v) is 5.61. The first-order valence-electron chi connectivity index (χ1n) is 6.70. The molecule has 0 aromatic carbocycles. The van der Waals surface area contributed by atoms with Gasteiger partial charge in [-0.3, -0.25) is 0 Å². The van der Waals surface area contributed by atoms with Crippen molar-refractivity contribution < 1.29 is 0 Å². The Bertz CT molecular complexity index is 360. The molecule has 1 saturated carbocycles. The highest BCUT2D eigenvalue weighted by molar-refractivity contribution is 6.30. The molecule has 1 aromatic rings. The van der Waals surface area contributed by atoms with Crippen LogP contribution >= 0.6 is 11.6 Å². The van der Waals surface area contributed by atoms with Crippen LogP contribution in [0.3, 0.4) is 0 Å². The first-order chi connectivity index (χ1) is 8.66. The number of rotatable bonds is 5. The van der Waals surface area contributed by atoms with Crippen molar-refractivity contribution in [1.29, 1.82) is 0 Å². The highest BCUT2D eigenvalue weighted by atomic mass is 35.5. The molecule has 0 saturated heterocycles. The van der Waals surface area contributed by atoms with Crippen molar-refractivity contribution in [3.05, 3.63) is 23.4 Å². The molecule has 3 nitrogen and oxygen atoms in total. The molecule has 0 aliphatic heterocycles. The number of nitrogens with zero attached hydrogens (tertiary/aromatic N) is 3. The fourth-order valence-electron chi connectivity index (χ4n) is 2.54. The Labute approximate surface area is 115 Å². The minimum absolute atomic E-state index is 0.690. The van der Waals surface area contributed by atoms with E-state index in [0.717, 1.165) is 24.9 Å². The van der Waals surface area contributed by atoms with Gasteiger partial charge in [0.1, 0.15) is 5.82 Å². The van der Waals surface area contributed by atoms with Crippen molar-refractivity contribution in [1.82, 2.24) is 9.88 Å². The van der Waals surface area contributed by atoms with Gasteiger partial charge in [-0.05, 0) is 32.0 Å². The quantitative estimate of drug-likeness (QED) is 0.817. The summed E-state index contributed by atoms with van der Waals surface area (Å²) in [6.45, 7) is 2.09. The zero-order valence-electron chi connectivity index (χ0n) is 11.3. The molecule has 0 radical (unpaired) electrons. The molecule has 4 heteroatoms. The maximum Gasteiger partial charge on any atom is 0.128 e. The van der Waals surface area contributed by atoms with Crippen LogP contribution in [0, 0.1) is 0 Å². The van der Waals surface area contributed by atoms with Crippen LogP contribution in [0.25, 0.3) is 0 Å². The number of pyridine rings is 1. The van der Waals surface area contributed by atoms with E-state index in [-0.39, 0.29) is 0 Å². The molecule has 18 heavy (non-hydrogen) atoms. The van der Waals surface area contributed by atoms with E-state index in [1.54, 1.807) is 6.20 Å². The molecule has 100 valence electrons. The minimum atomic E-state index is 0.690. The Balaban J connectivity index is 1.80. The smallest absolute Gasteiger partial charge is 0.128 e. The van der Waals surface area contributed by atoms with Crippen molar-refractivity contribution in [2.75, 3.05) is 32.1 Å². The van der Waals surface area contributed by atoms with E-state index in [1.807, 2.05) is 12.1 Å². The van der Waals surface area contributed by atoms with Crippen molar-refractivity contribution >= 4 is 17.4 Å². The van der Waals surface area contributed by atoms with Gasteiger partial charge < -0.3 is 9.80 Å². The molecule has 1 aliphatic rings.